The van der Waals surface area contributed by atoms with Gasteiger partial charge in [-0.3, -0.25) is 0 Å². The second-order valence-corrected chi connectivity index (χ2v) is 4.47. The first-order valence-corrected chi connectivity index (χ1v) is 6.19. The lowest BCUT2D eigenvalue weighted by Gasteiger charge is -2.11. The molecule has 108 valence electrons. The predicted octanol–water partition coefficient (Wildman–Crippen LogP) is 3.58. The highest BCUT2D eigenvalue weighted by molar-refractivity contribution is 5.81. The van der Waals surface area contributed by atoms with E-state index in [4.69, 9.17) is 5.26 Å². The molecule has 0 bridgehead atoms. The molecule has 4 nitrogen and oxygen atoms in total. The van der Waals surface area contributed by atoms with Gasteiger partial charge in [0.15, 0.2) is 17.2 Å². The summed E-state index contributed by atoms with van der Waals surface area (Å²) in [4.78, 5) is 11.5. The van der Waals surface area contributed by atoms with Gasteiger partial charge in [-0.15, -0.1) is 0 Å². The first kappa shape index (κ1) is 13.9. The Morgan fingerprint density at radius 2 is 1.77 bits per heavy atom. The summed E-state index contributed by atoms with van der Waals surface area (Å²) < 4.78 is 39.7. The molecule has 2 heterocycles. The van der Waals surface area contributed by atoms with E-state index in [1.807, 2.05) is 0 Å². The van der Waals surface area contributed by atoms with E-state index in [1.165, 1.54) is 6.20 Å². The second kappa shape index (κ2) is 5.07. The van der Waals surface area contributed by atoms with Crippen molar-refractivity contribution in [2.24, 2.45) is 0 Å². The van der Waals surface area contributed by atoms with Gasteiger partial charge in [0.25, 0.3) is 0 Å². The van der Waals surface area contributed by atoms with Gasteiger partial charge >= 0.3 is 6.18 Å². The second-order valence-electron chi connectivity index (χ2n) is 4.47. The van der Waals surface area contributed by atoms with Gasteiger partial charge in [0.2, 0.25) is 0 Å². The molecule has 0 atom stereocenters. The van der Waals surface area contributed by atoms with E-state index in [1.54, 1.807) is 36.4 Å². The smallest absolute Gasteiger partial charge is 0.235 e. The maximum atomic E-state index is 13.2. The quantitative estimate of drug-likeness (QED) is 0.689. The van der Waals surface area contributed by atoms with Crippen LogP contribution in [0.2, 0.25) is 0 Å². The minimum absolute atomic E-state index is 0.0223. The first-order chi connectivity index (χ1) is 10.5. The lowest BCUT2D eigenvalue weighted by Crippen LogP contribution is -2.11. The van der Waals surface area contributed by atoms with Gasteiger partial charge in [0.05, 0.1) is 10.9 Å². The SMILES string of the molecule is N#Cc1cnc2nc(-c3ccccc3)nc(C(F)(F)F)c2c1. The van der Waals surface area contributed by atoms with Gasteiger partial charge in [-0.25, -0.2) is 15.0 Å². The van der Waals surface area contributed by atoms with Crippen molar-refractivity contribution in [3.05, 3.63) is 53.9 Å². The van der Waals surface area contributed by atoms with Crippen molar-refractivity contribution in [2.75, 3.05) is 0 Å². The van der Waals surface area contributed by atoms with Crippen molar-refractivity contribution in [3.63, 3.8) is 0 Å². The Bertz CT molecular complexity index is 883. The zero-order chi connectivity index (χ0) is 15.7. The molecule has 22 heavy (non-hydrogen) atoms. The summed E-state index contributed by atoms with van der Waals surface area (Å²) >= 11 is 0. The third-order valence-electron chi connectivity index (χ3n) is 2.98. The molecule has 3 aromatic rings. The van der Waals surface area contributed by atoms with E-state index in [-0.39, 0.29) is 22.4 Å². The van der Waals surface area contributed by atoms with Crippen molar-refractivity contribution < 1.29 is 13.2 Å². The van der Waals surface area contributed by atoms with Gasteiger partial charge < -0.3 is 0 Å². The average Bonchev–Trinajstić information content (AvgIpc) is 2.53. The van der Waals surface area contributed by atoms with Crippen LogP contribution in [0.1, 0.15) is 11.3 Å². The summed E-state index contributed by atoms with van der Waals surface area (Å²) in [5.74, 6) is -0.0577. The number of benzene rings is 1. The largest absolute Gasteiger partial charge is 0.434 e. The van der Waals surface area contributed by atoms with Crippen LogP contribution < -0.4 is 0 Å². The molecule has 0 amide bonds. The van der Waals surface area contributed by atoms with Crippen molar-refractivity contribution in [1.29, 1.82) is 5.26 Å². The number of nitrogens with zero attached hydrogens (tertiary/aromatic N) is 4. The zero-order valence-corrected chi connectivity index (χ0v) is 11.0. The van der Waals surface area contributed by atoms with Gasteiger partial charge in [-0.1, -0.05) is 30.3 Å². The molecule has 0 fully saturated rings. The highest BCUT2D eigenvalue weighted by atomic mass is 19.4. The fraction of sp³-hybridized carbons (Fsp3) is 0.0667. The molecular formula is C15H7F3N4. The van der Waals surface area contributed by atoms with E-state index in [0.717, 1.165) is 6.07 Å². The normalized spacial score (nSPS) is 11.4. The number of fused-ring (bicyclic) bond motifs is 1. The van der Waals surface area contributed by atoms with E-state index in [2.05, 4.69) is 15.0 Å². The van der Waals surface area contributed by atoms with E-state index >= 15 is 0 Å². The average molecular weight is 300 g/mol. The number of pyridine rings is 1. The van der Waals surface area contributed by atoms with Crippen LogP contribution in [0.15, 0.2) is 42.6 Å². The Balaban J connectivity index is 2.33. The van der Waals surface area contributed by atoms with Gasteiger partial charge in [-0.05, 0) is 6.07 Å². The molecule has 2 aromatic heterocycles. The molecule has 7 heteroatoms. The molecule has 0 aliphatic carbocycles. The zero-order valence-electron chi connectivity index (χ0n) is 11.0. The monoisotopic (exact) mass is 300 g/mol. The van der Waals surface area contributed by atoms with Crippen molar-refractivity contribution in [1.82, 2.24) is 15.0 Å². The molecule has 0 unspecified atom stereocenters. The van der Waals surface area contributed by atoms with E-state index < -0.39 is 11.9 Å². The van der Waals surface area contributed by atoms with Crippen LogP contribution in [0.3, 0.4) is 0 Å². The van der Waals surface area contributed by atoms with Crippen molar-refractivity contribution in [2.45, 2.75) is 6.18 Å². The van der Waals surface area contributed by atoms with Crippen LogP contribution >= 0.6 is 0 Å². The van der Waals surface area contributed by atoms with Crippen molar-refractivity contribution in [3.8, 4) is 17.5 Å². The Labute approximate surface area is 122 Å². The molecule has 0 aliphatic rings. The number of hydrogen-bond acceptors (Lipinski definition) is 4. The van der Waals surface area contributed by atoms with Crippen LogP contribution in [0.4, 0.5) is 13.2 Å². The molecule has 0 saturated carbocycles. The van der Waals surface area contributed by atoms with Crippen LogP contribution in [-0.4, -0.2) is 15.0 Å². The summed E-state index contributed by atoms with van der Waals surface area (Å²) in [7, 11) is 0. The van der Waals surface area contributed by atoms with Gasteiger partial charge in [0.1, 0.15) is 6.07 Å². The number of aromatic nitrogens is 3. The van der Waals surface area contributed by atoms with E-state index in [9.17, 15) is 13.2 Å². The van der Waals surface area contributed by atoms with E-state index in [0.29, 0.717) is 5.56 Å². The summed E-state index contributed by atoms with van der Waals surface area (Å²) in [5, 5.41) is 8.53. The van der Waals surface area contributed by atoms with Crippen LogP contribution in [0.5, 0.6) is 0 Å². The minimum Gasteiger partial charge on any atom is -0.235 e. The molecule has 0 aliphatic heterocycles. The third kappa shape index (κ3) is 2.46. The lowest BCUT2D eigenvalue weighted by atomic mass is 10.1. The standard InChI is InChI=1S/C15H7F3N4/c16-15(17,18)12-11-6-9(7-19)8-20-14(11)22-13(21-12)10-4-2-1-3-5-10/h1-6,8H. The lowest BCUT2D eigenvalue weighted by molar-refractivity contribution is -0.139. The Kier molecular flexibility index (Phi) is 3.22. The summed E-state index contributed by atoms with van der Waals surface area (Å²) in [6.45, 7) is 0. The van der Waals surface area contributed by atoms with Crippen LogP contribution in [0.25, 0.3) is 22.4 Å². The molecule has 3 rings (SSSR count). The molecule has 0 N–H and O–H groups in total. The number of halogens is 3. The number of hydrogen-bond donors (Lipinski definition) is 0. The maximum Gasteiger partial charge on any atom is 0.434 e. The van der Waals surface area contributed by atoms with Gasteiger partial charge in [0, 0.05) is 11.8 Å². The van der Waals surface area contributed by atoms with Crippen molar-refractivity contribution >= 4 is 11.0 Å². The fourth-order valence-electron chi connectivity index (χ4n) is 2.01. The molecule has 0 radical (unpaired) electrons. The third-order valence-corrected chi connectivity index (χ3v) is 2.98. The highest BCUT2D eigenvalue weighted by Crippen LogP contribution is 2.34. The predicted molar refractivity (Wildman–Crippen MR) is 72.5 cm³/mol. The first-order valence-electron chi connectivity index (χ1n) is 6.19. The summed E-state index contributed by atoms with van der Waals surface area (Å²) in [6, 6.07) is 11.2. The Morgan fingerprint density at radius 3 is 2.41 bits per heavy atom. The number of rotatable bonds is 1. The maximum absolute atomic E-state index is 13.2. The summed E-state index contributed by atoms with van der Waals surface area (Å²) in [6.07, 6.45) is -3.48. The molecule has 0 spiro atoms. The number of nitriles is 1. The Hall–Kier alpha value is -3.01. The molecular weight excluding hydrogens is 293 g/mol. The molecule has 0 saturated heterocycles. The minimum atomic E-state index is -4.67. The fourth-order valence-corrected chi connectivity index (χ4v) is 2.01. The topological polar surface area (TPSA) is 62.5 Å². The van der Waals surface area contributed by atoms with Gasteiger partial charge in [-0.2, -0.15) is 18.4 Å². The highest BCUT2D eigenvalue weighted by Gasteiger charge is 2.36. The molecule has 1 aromatic carbocycles. The number of alkyl halides is 3. The van der Waals surface area contributed by atoms with Crippen LogP contribution in [0, 0.1) is 11.3 Å². The van der Waals surface area contributed by atoms with Crippen LogP contribution in [-0.2, 0) is 6.18 Å². The summed E-state index contributed by atoms with van der Waals surface area (Å²) in [5.41, 5.74) is -0.712. The Morgan fingerprint density at radius 1 is 1.05 bits per heavy atom.